The zero-order chi connectivity index (χ0) is 17.0. The van der Waals surface area contributed by atoms with Crippen LogP contribution in [-0.2, 0) is 27.9 Å². The summed E-state index contributed by atoms with van der Waals surface area (Å²) in [6, 6.07) is 0. The van der Waals surface area contributed by atoms with Crippen molar-refractivity contribution in [2.24, 2.45) is 7.05 Å². The van der Waals surface area contributed by atoms with Gasteiger partial charge in [0.25, 0.3) is 5.56 Å². The van der Waals surface area contributed by atoms with Crippen molar-refractivity contribution in [3.05, 3.63) is 22.9 Å². The molecule has 0 bridgehead atoms. The predicted octanol–water partition coefficient (Wildman–Crippen LogP) is -0.412. The van der Waals surface area contributed by atoms with Gasteiger partial charge in [0.2, 0.25) is 5.91 Å². The fourth-order valence-electron chi connectivity index (χ4n) is 2.02. The van der Waals surface area contributed by atoms with Crippen LogP contribution in [0.25, 0.3) is 11.0 Å². The van der Waals surface area contributed by atoms with E-state index in [1.165, 1.54) is 21.8 Å². The summed E-state index contributed by atoms with van der Waals surface area (Å²) in [5, 5.41) is 6.88. The lowest BCUT2D eigenvalue weighted by molar-refractivity contribution is -0.147. The number of amides is 1. The molecule has 0 unspecified atom stereocenters. The van der Waals surface area contributed by atoms with Gasteiger partial charge in [-0.25, -0.2) is 4.98 Å². The van der Waals surface area contributed by atoms with Crippen LogP contribution in [0.15, 0.2) is 17.3 Å². The number of esters is 1. The summed E-state index contributed by atoms with van der Waals surface area (Å²) in [5.74, 6) is -0.759. The van der Waals surface area contributed by atoms with E-state index >= 15 is 0 Å². The molecule has 23 heavy (non-hydrogen) atoms. The maximum atomic E-state index is 12.2. The molecule has 0 aliphatic carbocycles. The molecule has 1 N–H and O–H groups in total. The van der Waals surface area contributed by atoms with E-state index < -0.39 is 0 Å². The van der Waals surface area contributed by atoms with Gasteiger partial charge in [-0.05, 0) is 13.8 Å². The van der Waals surface area contributed by atoms with Gasteiger partial charge >= 0.3 is 5.97 Å². The van der Waals surface area contributed by atoms with Gasteiger partial charge < -0.3 is 10.1 Å². The second-order valence-electron chi connectivity index (χ2n) is 5.32. The molecule has 0 atom stereocenters. The molecular weight excluding hydrogens is 302 g/mol. The Balaban J connectivity index is 1.92. The summed E-state index contributed by atoms with van der Waals surface area (Å²) < 4.78 is 7.64. The molecule has 124 valence electrons. The predicted molar refractivity (Wildman–Crippen MR) is 81.6 cm³/mol. The quantitative estimate of drug-likeness (QED) is 0.725. The molecule has 0 saturated heterocycles. The first kappa shape index (κ1) is 16.7. The minimum absolute atomic E-state index is 0.0821. The molecule has 9 heteroatoms. The lowest BCUT2D eigenvalue weighted by Crippen LogP contribution is -2.33. The Morgan fingerprint density at radius 1 is 1.39 bits per heavy atom. The first-order valence-corrected chi connectivity index (χ1v) is 7.22. The largest absolute Gasteiger partial charge is 0.463 e. The minimum Gasteiger partial charge on any atom is -0.463 e. The van der Waals surface area contributed by atoms with E-state index in [4.69, 9.17) is 4.74 Å². The number of aryl methyl sites for hydroxylation is 1. The highest BCUT2D eigenvalue weighted by molar-refractivity contribution is 5.78. The molecular formula is C14H19N5O4. The van der Waals surface area contributed by atoms with Gasteiger partial charge in [-0.3, -0.25) is 23.6 Å². The zero-order valence-electron chi connectivity index (χ0n) is 13.3. The van der Waals surface area contributed by atoms with Crippen molar-refractivity contribution in [2.75, 3.05) is 6.54 Å². The molecule has 0 fully saturated rings. The summed E-state index contributed by atoms with van der Waals surface area (Å²) >= 11 is 0. The molecule has 9 nitrogen and oxygen atoms in total. The van der Waals surface area contributed by atoms with E-state index in [-0.39, 0.29) is 43.1 Å². The van der Waals surface area contributed by atoms with Gasteiger partial charge in [0, 0.05) is 13.6 Å². The number of carbonyl (C=O) groups is 2. The van der Waals surface area contributed by atoms with Crippen LogP contribution in [0, 0.1) is 0 Å². The van der Waals surface area contributed by atoms with Crippen molar-refractivity contribution in [3.63, 3.8) is 0 Å². The van der Waals surface area contributed by atoms with E-state index in [1.54, 1.807) is 20.9 Å². The van der Waals surface area contributed by atoms with Crippen molar-refractivity contribution in [1.82, 2.24) is 24.6 Å². The molecule has 0 radical (unpaired) electrons. The van der Waals surface area contributed by atoms with E-state index in [1.807, 2.05) is 0 Å². The lowest BCUT2D eigenvalue weighted by Gasteiger charge is -2.09. The Labute approximate surface area is 132 Å². The van der Waals surface area contributed by atoms with Crippen LogP contribution < -0.4 is 10.9 Å². The highest BCUT2D eigenvalue weighted by Crippen LogP contribution is 2.02. The summed E-state index contributed by atoms with van der Waals surface area (Å²) in [6.45, 7) is 3.49. The van der Waals surface area contributed by atoms with E-state index in [0.717, 1.165) is 0 Å². The van der Waals surface area contributed by atoms with Crippen LogP contribution in [-0.4, -0.2) is 43.9 Å². The molecule has 0 aliphatic rings. The smallest absolute Gasteiger partial charge is 0.307 e. The molecule has 2 aromatic heterocycles. The number of nitrogens with one attached hydrogen (secondary N) is 1. The van der Waals surface area contributed by atoms with Gasteiger partial charge in [-0.2, -0.15) is 5.10 Å². The SMILES string of the molecule is CC(C)OC(=O)CCNC(=O)Cn1cnc2c(cnn2C)c1=O. The average Bonchev–Trinajstić information content (AvgIpc) is 2.83. The Morgan fingerprint density at radius 2 is 2.13 bits per heavy atom. The van der Waals surface area contributed by atoms with E-state index in [2.05, 4.69) is 15.4 Å². The normalized spacial score (nSPS) is 11.0. The molecule has 0 spiro atoms. The molecule has 2 aromatic rings. The van der Waals surface area contributed by atoms with Crippen molar-refractivity contribution in [3.8, 4) is 0 Å². The number of aromatic nitrogens is 4. The maximum absolute atomic E-state index is 12.2. The molecule has 2 rings (SSSR count). The van der Waals surface area contributed by atoms with Crippen molar-refractivity contribution >= 4 is 22.9 Å². The number of nitrogens with zero attached hydrogens (tertiary/aromatic N) is 4. The van der Waals surface area contributed by atoms with Gasteiger partial charge in [-0.15, -0.1) is 0 Å². The number of hydrogen-bond acceptors (Lipinski definition) is 6. The Hall–Kier alpha value is -2.71. The second-order valence-corrected chi connectivity index (χ2v) is 5.32. The summed E-state index contributed by atoms with van der Waals surface area (Å²) in [6.07, 6.45) is 2.62. The van der Waals surface area contributed by atoms with Gasteiger partial charge in [0.05, 0.1) is 18.7 Å². The van der Waals surface area contributed by atoms with Crippen molar-refractivity contribution in [1.29, 1.82) is 0 Å². The standard InChI is InChI=1S/C14H19N5O4/c1-9(2)23-12(21)4-5-15-11(20)7-19-8-16-13-10(14(19)22)6-17-18(13)3/h6,8-9H,4-5,7H2,1-3H3,(H,15,20). The summed E-state index contributed by atoms with van der Waals surface area (Å²) in [7, 11) is 1.68. The van der Waals surface area contributed by atoms with Crippen LogP contribution >= 0.6 is 0 Å². The molecule has 0 saturated carbocycles. The average molecular weight is 321 g/mol. The second kappa shape index (κ2) is 7.03. The van der Waals surface area contributed by atoms with Crippen LogP contribution in [0.4, 0.5) is 0 Å². The number of carbonyl (C=O) groups excluding carboxylic acids is 2. The van der Waals surface area contributed by atoms with Crippen LogP contribution in [0.1, 0.15) is 20.3 Å². The molecule has 1 amide bonds. The number of rotatable bonds is 6. The van der Waals surface area contributed by atoms with Crippen molar-refractivity contribution < 1.29 is 14.3 Å². The Bertz CT molecular complexity index is 777. The lowest BCUT2D eigenvalue weighted by atomic mass is 10.4. The van der Waals surface area contributed by atoms with Crippen LogP contribution in [0.3, 0.4) is 0 Å². The van der Waals surface area contributed by atoms with E-state index in [0.29, 0.717) is 11.0 Å². The summed E-state index contributed by atoms with van der Waals surface area (Å²) in [4.78, 5) is 39.5. The highest BCUT2D eigenvalue weighted by Gasteiger charge is 2.11. The Morgan fingerprint density at radius 3 is 2.83 bits per heavy atom. The van der Waals surface area contributed by atoms with Crippen molar-refractivity contribution in [2.45, 2.75) is 32.9 Å². The number of ether oxygens (including phenoxy) is 1. The molecule has 0 aliphatic heterocycles. The minimum atomic E-state index is -0.380. The maximum Gasteiger partial charge on any atom is 0.307 e. The van der Waals surface area contributed by atoms with Crippen LogP contribution in [0.5, 0.6) is 0 Å². The zero-order valence-corrected chi connectivity index (χ0v) is 13.3. The fraction of sp³-hybridized carbons (Fsp3) is 0.500. The molecule has 0 aromatic carbocycles. The van der Waals surface area contributed by atoms with Gasteiger partial charge in [0.1, 0.15) is 18.3 Å². The summed E-state index contributed by atoms with van der Waals surface area (Å²) in [5.41, 5.74) is 0.126. The van der Waals surface area contributed by atoms with Gasteiger partial charge in [0.15, 0.2) is 5.65 Å². The van der Waals surface area contributed by atoms with Gasteiger partial charge in [-0.1, -0.05) is 0 Å². The first-order valence-electron chi connectivity index (χ1n) is 7.22. The number of hydrogen-bond donors (Lipinski definition) is 1. The highest BCUT2D eigenvalue weighted by atomic mass is 16.5. The first-order chi connectivity index (χ1) is 10.9. The monoisotopic (exact) mass is 321 g/mol. The van der Waals surface area contributed by atoms with E-state index in [9.17, 15) is 14.4 Å². The third kappa shape index (κ3) is 4.15. The molecule has 2 heterocycles. The fourth-order valence-corrected chi connectivity index (χ4v) is 2.02. The third-order valence-electron chi connectivity index (χ3n) is 3.05. The third-order valence-corrected chi connectivity index (χ3v) is 3.05. The van der Waals surface area contributed by atoms with Crippen LogP contribution in [0.2, 0.25) is 0 Å². The topological polar surface area (TPSA) is 108 Å². The number of fused-ring (bicyclic) bond motifs is 1. The Kier molecular flexibility index (Phi) is 5.09.